The van der Waals surface area contributed by atoms with Crippen LogP contribution in [0, 0.1) is 11.7 Å². The molecule has 2 aromatic rings. The minimum atomic E-state index is -0.734. The number of benzene rings is 2. The Morgan fingerprint density at radius 3 is 2.59 bits per heavy atom. The zero-order chi connectivity index (χ0) is 12.0. The molecule has 2 aromatic carbocycles. The summed E-state index contributed by atoms with van der Waals surface area (Å²) in [5, 5.41) is 12.0. The normalized spacial score (nSPS) is 27.4. The lowest BCUT2D eigenvalue weighted by Gasteiger charge is -2.14. The minimum absolute atomic E-state index is 0.221. The average molecular weight is 230 g/mol. The number of rotatable bonds is 2. The lowest BCUT2D eigenvalue weighted by atomic mass is 9.97. The Kier molecular flexibility index (Phi) is 2.23. The van der Waals surface area contributed by atoms with Crippen LogP contribution in [0.4, 0.5) is 4.39 Å². The highest BCUT2D eigenvalue weighted by atomic mass is 19.1. The fourth-order valence-electron chi connectivity index (χ4n) is 2.77. The molecule has 2 unspecified atom stereocenters. The second kappa shape index (κ2) is 3.54. The van der Waals surface area contributed by atoms with Crippen LogP contribution in [-0.4, -0.2) is 5.11 Å². The summed E-state index contributed by atoms with van der Waals surface area (Å²) >= 11 is 0. The van der Waals surface area contributed by atoms with Crippen LogP contribution in [0.1, 0.15) is 25.3 Å². The van der Waals surface area contributed by atoms with Gasteiger partial charge in [0.2, 0.25) is 0 Å². The first-order chi connectivity index (χ1) is 8.16. The molecule has 0 amide bonds. The van der Waals surface area contributed by atoms with E-state index in [0.717, 1.165) is 23.8 Å². The molecule has 0 bridgehead atoms. The molecule has 0 heterocycles. The molecule has 1 nitrogen and oxygen atoms in total. The predicted octanol–water partition coefficient (Wildman–Crippen LogP) is 3.60. The van der Waals surface area contributed by atoms with Crippen LogP contribution < -0.4 is 0 Å². The van der Waals surface area contributed by atoms with Crippen molar-refractivity contribution in [3.8, 4) is 0 Å². The second-order valence-electron chi connectivity index (χ2n) is 4.87. The van der Waals surface area contributed by atoms with Crippen molar-refractivity contribution in [2.75, 3.05) is 0 Å². The summed E-state index contributed by atoms with van der Waals surface area (Å²) in [4.78, 5) is 0. The average Bonchev–Trinajstić information content (AvgIpc) is 3.02. The number of halogens is 1. The topological polar surface area (TPSA) is 20.2 Å². The summed E-state index contributed by atoms with van der Waals surface area (Å²) in [7, 11) is 0. The summed E-state index contributed by atoms with van der Waals surface area (Å²) in [6.07, 6.45) is 1.75. The van der Waals surface area contributed by atoms with E-state index in [1.165, 1.54) is 6.07 Å². The second-order valence-corrected chi connectivity index (χ2v) is 4.87. The number of hydrogen-bond acceptors (Lipinski definition) is 1. The summed E-state index contributed by atoms with van der Waals surface area (Å²) in [5.74, 6) is 0.0954. The zero-order valence-electron chi connectivity index (χ0n) is 9.78. The third-order valence-electron chi connectivity index (χ3n) is 3.90. The Balaban J connectivity index is 2.22. The van der Waals surface area contributed by atoms with Crippen molar-refractivity contribution in [1.82, 2.24) is 0 Å². The maximum Gasteiger partial charge on any atom is 0.131 e. The molecule has 0 spiro atoms. The van der Waals surface area contributed by atoms with Gasteiger partial charge in [0.25, 0.3) is 0 Å². The van der Waals surface area contributed by atoms with E-state index in [9.17, 15) is 9.50 Å². The lowest BCUT2D eigenvalue weighted by molar-refractivity contribution is 0.132. The SMILES string of the molecule is CCC1CC1(O)c1ccc(F)c2ccccc12. The van der Waals surface area contributed by atoms with Gasteiger partial charge in [-0.05, 0) is 29.4 Å². The predicted molar refractivity (Wildman–Crippen MR) is 66.2 cm³/mol. The Bertz CT molecular complexity index is 578. The fraction of sp³-hybridized carbons (Fsp3) is 0.333. The largest absolute Gasteiger partial charge is 0.385 e. The van der Waals surface area contributed by atoms with Crippen molar-refractivity contribution in [2.24, 2.45) is 5.92 Å². The van der Waals surface area contributed by atoms with Crippen molar-refractivity contribution in [3.63, 3.8) is 0 Å². The summed E-state index contributed by atoms with van der Waals surface area (Å²) in [6, 6.07) is 10.5. The molecule has 1 N–H and O–H groups in total. The van der Waals surface area contributed by atoms with Gasteiger partial charge in [0, 0.05) is 5.39 Å². The van der Waals surface area contributed by atoms with Crippen molar-refractivity contribution >= 4 is 10.8 Å². The van der Waals surface area contributed by atoms with Crippen LogP contribution in [0.25, 0.3) is 10.8 Å². The first kappa shape index (κ1) is 10.7. The first-order valence-electron chi connectivity index (χ1n) is 6.07. The van der Waals surface area contributed by atoms with Gasteiger partial charge in [-0.15, -0.1) is 0 Å². The third kappa shape index (κ3) is 1.48. The Morgan fingerprint density at radius 2 is 1.94 bits per heavy atom. The first-order valence-corrected chi connectivity index (χ1v) is 6.07. The number of fused-ring (bicyclic) bond motifs is 1. The molecule has 1 saturated carbocycles. The van der Waals surface area contributed by atoms with E-state index in [4.69, 9.17) is 0 Å². The molecular weight excluding hydrogens is 215 g/mol. The van der Waals surface area contributed by atoms with E-state index in [1.54, 1.807) is 12.1 Å². The Hall–Kier alpha value is -1.41. The van der Waals surface area contributed by atoms with Gasteiger partial charge in [0.05, 0.1) is 5.60 Å². The lowest BCUT2D eigenvalue weighted by Crippen LogP contribution is -2.09. The van der Waals surface area contributed by atoms with Gasteiger partial charge in [0.15, 0.2) is 0 Å². The molecular formula is C15H15FO. The molecule has 0 aliphatic heterocycles. The zero-order valence-corrected chi connectivity index (χ0v) is 9.78. The van der Waals surface area contributed by atoms with Crippen molar-refractivity contribution in [2.45, 2.75) is 25.4 Å². The standard InChI is InChI=1S/C15H15FO/c1-2-10-9-15(10,17)13-7-8-14(16)12-6-4-3-5-11(12)13/h3-8,10,17H,2,9H2,1H3. The van der Waals surface area contributed by atoms with Crippen LogP contribution in [0.5, 0.6) is 0 Å². The van der Waals surface area contributed by atoms with E-state index in [1.807, 2.05) is 18.2 Å². The quantitative estimate of drug-likeness (QED) is 0.835. The Morgan fingerprint density at radius 1 is 1.24 bits per heavy atom. The van der Waals surface area contributed by atoms with Crippen molar-refractivity contribution in [1.29, 1.82) is 0 Å². The highest BCUT2D eigenvalue weighted by Gasteiger charge is 2.53. The van der Waals surface area contributed by atoms with Gasteiger partial charge in [-0.25, -0.2) is 4.39 Å². The van der Waals surface area contributed by atoms with Gasteiger partial charge in [-0.3, -0.25) is 0 Å². The monoisotopic (exact) mass is 230 g/mol. The maximum atomic E-state index is 13.7. The molecule has 1 aliphatic rings. The van der Waals surface area contributed by atoms with Crippen molar-refractivity contribution < 1.29 is 9.50 Å². The van der Waals surface area contributed by atoms with Gasteiger partial charge in [0.1, 0.15) is 5.82 Å². The highest BCUT2D eigenvalue weighted by Crippen LogP contribution is 2.55. The summed E-state index contributed by atoms with van der Waals surface area (Å²) in [6.45, 7) is 2.08. The number of hydrogen-bond donors (Lipinski definition) is 1. The summed E-state index contributed by atoms with van der Waals surface area (Å²) < 4.78 is 13.7. The van der Waals surface area contributed by atoms with E-state index < -0.39 is 5.60 Å². The number of aliphatic hydroxyl groups is 1. The van der Waals surface area contributed by atoms with Crippen LogP contribution >= 0.6 is 0 Å². The molecule has 17 heavy (non-hydrogen) atoms. The van der Waals surface area contributed by atoms with Gasteiger partial charge in [-0.1, -0.05) is 43.7 Å². The molecule has 1 fully saturated rings. The summed E-state index contributed by atoms with van der Waals surface area (Å²) in [5.41, 5.74) is 0.142. The molecule has 3 rings (SSSR count). The fourth-order valence-corrected chi connectivity index (χ4v) is 2.77. The molecule has 2 atom stereocenters. The van der Waals surface area contributed by atoms with Gasteiger partial charge >= 0.3 is 0 Å². The van der Waals surface area contributed by atoms with E-state index in [-0.39, 0.29) is 5.82 Å². The smallest absolute Gasteiger partial charge is 0.131 e. The van der Waals surface area contributed by atoms with Crippen molar-refractivity contribution in [3.05, 3.63) is 47.8 Å². The third-order valence-corrected chi connectivity index (χ3v) is 3.90. The van der Waals surface area contributed by atoms with E-state index in [2.05, 4.69) is 6.92 Å². The van der Waals surface area contributed by atoms with Crippen LogP contribution in [-0.2, 0) is 5.60 Å². The maximum absolute atomic E-state index is 13.7. The molecule has 2 heteroatoms. The minimum Gasteiger partial charge on any atom is -0.385 e. The van der Waals surface area contributed by atoms with Crippen LogP contribution in [0.3, 0.4) is 0 Å². The molecule has 1 aliphatic carbocycles. The van der Waals surface area contributed by atoms with Crippen LogP contribution in [0.15, 0.2) is 36.4 Å². The van der Waals surface area contributed by atoms with E-state index in [0.29, 0.717) is 11.3 Å². The molecule has 0 aromatic heterocycles. The Labute approximate surface area is 99.9 Å². The van der Waals surface area contributed by atoms with Gasteiger partial charge < -0.3 is 5.11 Å². The van der Waals surface area contributed by atoms with Gasteiger partial charge in [-0.2, -0.15) is 0 Å². The van der Waals surface area contributed by atoms with Crippen LogP contribution in [0.2, 0.25) is 0 Å². The highest BCUT2D eigenvalue weighted by molar-refractivity contribution is 5.87. The van der Waals surface area contributed by atoms with E-state index >= 15 is 0 Å². The molecule has 88 valence electrons. The molecule has 0 radical (unpaired) electrons. The molecule has 0 saturated heterocycles.